The minimum absolute atomic E-state index is 0.0619. The molecule has 19 heavy (non-hydrogen) atoms. The molecule has 0 saturated carbocycles. The monoisotopic (exact) mass is 280 g/mol. The van der Waals surface area contributed by atoms with Crippen LogP contribution in [0.25, 0.3) is 0 Å². The van der Waals surface area contributed by atoms with Crippen molar-refractivity contribution < 1.29 is 14.3 Å². The summed E-state index contributed by atoms with van der Waals surface area (Å²) >= 11 is 1.26. The van der Waals surface area contributed by atoms with Gasteiger partial charge in [0.2, 0.25) is 0 Å². The van der Waals surface area contributed by atoms with Gasteiger partial charge in [-0.2, -0.15) is 5.10 Å². The van der Waals surface area contributed by atoms with Gasteiger partial charge in [-0.1, -0.05) is 18.7 Å². The summed E-state index contributed by atoms with van der Waals surface area (Å²) in [4.78, 5) is 11.3. The van der Waals surface area contributed by atoms with Crippen LogP contribution >= 0.6 is 11.8 Å². The summed E-state index contributed by atoms with van der Waals surface area (Å²) in [6.07, 6.45) is 0.839. The average Bonchev–Trinajstić information content (AvgIpc) is 2.46. The van der Waals surface area contributed by atoms with E-state index in [4.69, 9.17) is 9.47 Å². The number of hydrogen-bond donors (Lipinski definition) is 1. The molecule has 1 aliphatic heterocycles. The maximum atomic E-state index is 11.3. The molecule has 1 aromatic carbocycles. The molecule has 0 bridgehead atoms. The fourth-order valence-electron chi connectivity index (χ4n) is 1.91. The van der Waals surface area contributed by atoms with E-state index in [0.29, 0.717) is 11.5 Å². The number of methoxy groups -OCH3 is 2. The van der Waals surface area contributed by atoms with Crippen LogP contribution in [0.3, 0.4) is 0 Å². The minimum atomic E-state index is -0.115. The Labute approximate surface area is 116 Å². The highest BCUT2D eigenvalue weighted by Crippen LogP contribution is 2.31. The molecule has 1 aromatic rings. The van der Waals surface area contributed by atoms with Gasteiger partial charge in [0.05, 0.1) is 25.2 Å². The highest BCUT2D eigenvalue weighted by atomic mass is 32.2. The quantitative estimate of drug-likeness (QED) is 0.921. The number of nitrogens with one attached hydrogen (secondary N) is 1. The Morgan fingerprint density at radius 2 is 2.05 bits per heavy atom. The van der Waals surface area contributed by atoms with Crippen LogP contribution in [0.1, 0.15) is 18.9 Å². The molecule has 1 heterocycles. The lowest BCUT2D eigenvalue weighted by Crippen LogP contribution is -2.31. The zero-order valence-corrected chi connectivity index (χ0v) is 11.9. The standard InChI is InChI=1S/C13H16N2O3S/c1-4-11-12(14-15-13(16)19-11)8-5-6-9(17-2)10(7-8)18-3/h5-7,11H,4H2,1-3H3,(H,15,16). The van der Waals surface area contributed by atoms with E-state index < -0.39 is 0 Å². The predicted molar refractivity (Wildman–Crippen MR) is 76.3 cm³/mol. The van der Waals surface area contributed by atoms with Crippen LogP contribution < -0.4 is 14.9 Å². The summed E-state index contributed by atoms with van der Waals surface area (Å²) in [5.74, 6) is 1.33. The van der Waals surface area contributed by atoms with Crippen molar-refractivity contribution in [3.05, 3.63) is 23.8 Å². The molecule has 102 valence electrons. The molecule has 0 aliphatic carbocycles. The van der Waals surface area contributed by atoms with E-state index in [2.05, 4.69) is 10.5 Å². The highest BCUT2D eigenvalue weighted by molar-refractivity contribution is 8.14. The number of amides is 1. The van der Waals surface area contributed by atoms with Crippen molar-refractivity contribution in [3.63, 3.8) is 0 Å². The first-order valence-electron chi connectivity index (χ1n) is 5.96. The topological polar surface area (TPSA) is 59.9 Å². The van der Waals surface area contributed by atoms with E-state index in [-0.39, 0.29) is 10.5 Å². The van der Waals surface area contributed by atoms with Gasteiger partial charge in [-0.25, -0.2) is 5.43 Å². The van der Waals surface area contributed by atoms with Crippen molar-refractivity contribution in [1.82, 2.24) is 5.43 Å². The molecule has 0 aromatic heterocycles. The Hall–Kier alpha value is -1.69. The minimum Gasteiger partial charge on any atom is -0.493 e. The number of carbonyl (C=O) groups excluding carboxylic acids is 1. The molecule has 0 spiro atoms. The van der Waals surface area contributed by atoms with Gasteiger partial charge in [0.1, 0.15) is 0 Å². The second kappa shape index (κ2) is 5.97. The number of hydrazone groups is 1. The summed E-state index contributed by atoms with van der Waals surface area (Å²) < 4.78 is 10.5. The fraction of sp³-hybridized carbons (Fsp3) is 0.385. The third-order valence-electron chi connectivity index (χ3n) is 2.87. The Bertz CT molecular complexity index is 517. The van der Waals surface area contributed by atoms with Crippen LogP contribution in [0.5, 0.6) is 11.5 Å². The number of carbonyl (C=O) groups is 1. The van der Waals surface area contributed by atoms with Gasteiger partial charge >= 0.3 is 0 Å². The normalized spacial score (nSPS) is 18.6. The van der Waals surface area contributed by atoms with Crippen LogP contribution in [0.2, 0.25) is 0 Å². The van der Waals surface area contributed by atoms with E-state index in [0.717, 1.165) is 17.7 Å². The van der Waals surface area contributed by atoms with Crippen molar-refractivity contribution in [3.8, 4) is 11.5 Å². The third kappa shape index (κ3) is 2.84. The first kappa shape index (κ1) is 13.7. The average molecular weight is 280 g/mol. The van der Waals surface area contributed by atoms with Crippen molar-refractivity contribution in [2.45, 2.75) is 18.6 Å². The summed E-state index contributed by atoms with van der Waals surface area (Å²) in [5.41, 5.74) is 4.28. The van der Waals surface area contributed by atoms with E-state index in [1.807, 2.05) is 25.1 Å². The van der Waals surface area contributed by atoms with E-state index >= 15 is 0 Å². The Morgan fingerprint density at radius 1 is 1.32 bits per heavy atom. The molecule has 0 fully saturated rings. The SMILES string of the molecule is CCC1SC(=O)NN=C1c1ccc(OC)c(OC)c1. The van der Waals surface area contributed by atoms with Crippen LogP contribution in [-0.4, -0.2) is 30.4 Å². The van der Waals surface area contributed by atoms with E-state index in [1.54, 1.807) is 14.2 Å². The highest BCUT2D eigenvalue weighted by Gasteiger charge is 2.25. The van der Waals surface area contributed by atoms with E-state index in [9.17, 15) is 4.79 Å². The number of nitrogens with zero attached hydrogens (tertiary/aromatic N) is 1. The molecule has 1 aliphatic rings. The fourth-order valence-corrected chi connectivity index (χ4v) is 2.74. The molecule has 0 radical (unpaired) electrons. The van der Waals surface area contributed by atoms with Gasteiger partial charge in [0.25, 0.3) is 5.24 Å². The molecule has 1 atom stereocenters. The molecule has 1 unspecified atom stereocenters. The number of rotatable bonds is 4. The number of hydrogen-bond acceptors (Lipinski definition) is 5. The maximum Gasteiger partial charge on any atom is 0.299 e. The lowest BCUT2D eigenvalue weighted by atomic mass is 10.0. The molecular formula is C13H16N2O3S. The lowest BCUT2D eigenvalue weighted by molar-refractivity contribution is 0.260. The van der Waals surface area contributed by atoms with Crippen LogP contribution in [0, 0.1) is 0 Å². The van der Waals surface area contributed by atoms with Gasteiger partial charge in [0.15, 0.2) is 11.5 Å². The maximum absolute atomic E-state index is 11.3. The van der Waals surface area contributed by atoms with Gasteiger partial charge < -0.3 is 9.47 Å². The summed E-state index contributed by atoms with van der Waals surface area (Å²) in [5, 5.41) is 4.11. The largest absolute Gasteiger partial charge is 0.493 e. The van der Waals surface area contributed by atoms with Crippen LogP contribution in [0.4, 0.5) is 4.79 Å². The van der Waals surface area contributed by atoms with E-state index in [1.165, 1.54) is 11.8 Å². The summed E-state index contributed by atoms with van der Waals surface area (Å²) in [7, 11) is 3.19. The number of benzene rings is 1. The molecule has 6 heteroatoms. The summed E-state index contributed by atoms with van der Waals surface area (Å²) in [6, 6.07) is 5.63. The number of ether oxygens (including phenoxy) is 2. The first-order chi connectivity index (χ1) is 9.19. The first-order valence-corrected chi connectivity index (χ1v) is 6.84. The Balaban J connectivity index is 2.38. The van der Waals surface area contributed by atoms with Crippen molar-refractivity contribution in [2.75, 3.05) is 14.2 Å². The second-order valence-electron chi connectivity index (χ2n) is 3.98. The van der Waals surface area contributed by atoms with Gasteiger partial charge in [-0.05, 0) is 24.6 Å². The molecule has 1 amide bonds. The molecule has 1 N–H and O–H groups in total. The van der Waals surface area contributed by atoms with Gasteiger partial charge in [0, 0.05) is 5.56 Å². The van der Waals surface area contributed by atoms with Crippen molar-refractivity contribution in [1.29, 1.82) is 0 Å². The lowest BCUT2D eigenvalue weighted by Gasteiger charge is -2.21. The Morgan fingerprint density at radius 3 is 2.68 bits per heavy atom. The summed E-state index contributed by atoms with van der Waals surface area (Å²) in [6.45, 7) is 2.03. The van der Waals surface area contributed by atoms with Gasteiger partial charge in [-0.3, -0.25) is 4.79 Å². The molecule has 2 rings (SSSR count). The molecule has 5 nitrogen and oxygen atoms in total. The Kier molecular flexibility index (Phi) is 4.31. The third-order valence-corrected chi connectivity index (χ3v) is 4.02. The molecule has 0 saturated heterocycles. The number of thioether (sulfide) groups is 1. The zero-order valence-electron chi connectivity index (χ0n) is 11.1. The van der Waals surface area contributed by atoms with Crippen molar-refractivity contribution in [2.24, 2.45) is 5.10 Å². The predicted octanol–water partition coefficient (Wildman–Crippen LogP) is 2.64. The van der Waals surface area contributed by atoms with Crippen LogP contribution in [-0.2, 0) is 0 Å². The zero-order chi connectivity index (χ0) is 13.8. The van der Waals surface area contributed by atoms with Crippen molar-refractivity contribution >= 4 is 22.7 Å². The van der Waals surface area contributed by atoms with Crippen LogP contribution in [0.15, 0.2) is 23.3 Å². The smallest absolute Gasteiger partial charge is 0.299 e. The second-order valence-corrected chi connectivity index (χ2v) is 5.16. The molecular weight excluding hydrogens is 264 g/mol. The van der Waals surface area contributed by atoms with Gasteiger partial charge in [-0.15, -0.1) is 0 Å².